The van der Waals surface area contributed by atoms with E-state index in [1.165, 1.54) is 32.1 Å². The van der Waals surface area contributed by atoms with Crippen LogP contribution in [0, 0.1) is 0 Å². The van der Waals surface area contributed by atoms with E-state index in [0.717, 1.165) is 0 Å². The average Bonchev–Trinajstić information content (AvgIpc) is 2.15. The van der Waals surface area contributed by atoms with Crippen LogP contribution in [-0.4, -0.2) is 18.9 Å². The van der Waals surface area contributed by atoms with Gasteiger partial charge in [0.15, 0.2) is 8.38 Å². The normalized spacial score (nSPS) is 22.2. The van der Waals surface area contributed by atoms with Crippen LogP contribution in [0.4, 0.5) is 0 Å². The van der Waals surface area contributed by atoms with Crippen molar-refractivity contribution in [2.75, 3.05) is 7.11 Å². The molecule has 1 unspecified atom stereocenters. The van der Waals surface area contributed by atoms with Crippen LogP contribution < -0.4 is 0 Å². The Hall–Kier alpha value is 0.350. The third-order valence-corrected chi connectivity index (χ3v) is 4.47. The predicted molar refractivity (Wildman–Crippen MR) is 57.0 cm³/mol. The van der Waals surface area contributed by atoms with Gasteiger partial charge in [-0.2, -0.15) is 0 Å². The maximum atomic E-state index is 5.78. The van der Waals surface area contributed by atoms with Gasteiger partial charge in [-0.3, -0.25) is 0 Å². The molecule has 0 aromatic heterocycles. The van der Waals surface area contributed by atoms with Crippen molar-refractivity contribution in [2.24, 2.45) is 0 Å². The molecule has 3 heteroatoms. The molecule has 1 atom stereocenters. The monoisotopic (exact) mass is 204 g/mol. The molecule has 0 aromatic rings. The third-order valence-electron chi connectivity index (χ3n) is 2.37. The average molecular weight is 204 g/mol. The molecule has 1 aliphatic carbocycles. The summed E-state index contributed by atoms with van der Waals surface area (Å²) in [7, 11) is 1.16. The van der Waals surface area contributed by atoms with Crippen molar-refractivity contribution >= 4 is 8.38 Å². The Balaban J connectivity index is 2.34. The van der Waals surface area contributed by atoms with E-state index >= 15 is 0 Å². The number of hydrogen-bond acceptors (Lipinski definition) is 2. The van der Waals surface area contributed by atoms with Gasteiger partial charge in [0.2, 0.25) is 0 Å². The van der Waals surface area contributed by atoms with Crippen LogP contribution >= 0.6 is 8.38 Å². The minimum absolute atomic E-state index is 0.299. The van der Waals surface area contributed by atoms with Crippen LogP contribution in [0.5, 0.6) is 0 Å². The first-order chi connectivity index (χ1) is 6.24. The smallest absolute Gasteiger partial charge is 0.173 e. The van der Waals surface area contributed by atoms with E-state index in [1.807, 2.05) is 0 Å². The van der Waals surface area contributed by atoms with Gasteiger partial charge in [-0.25, -0.2) is 0 Å². The third kappa shape index (κ3) is 3.93. The van der Waals surface area contributed by atoms with Crippen LogP contribution in [0.25, 0.3) is 0 Å². The molecule has 0 aromatic carbocycles. The molecule has 1 aliphatic rings. The summed E-state index contributed by atoms with van der Waals surface area (Å²) in [4.78, 5) is 0. The molecule has 0 amide bonds. The summed E-state index contributed by atoms with van der Waals surface area (Å²) in [6.07, 6.45) is 7.00. The highest BCUT2D eigenvalue weighted by Crippen LogP contribution is 2.49. The largest absolute Gasteiger partial charge is 0.337 e. The molecule has 0 spiro atoms. The van der Waals surface area contributed by atoms with Crippen LogP contribution in [-0.2, 0) is 9.05 Å². The first kappa shape index (κ1) is 11.4. The van der Waals surface area contributed by atoms with Crippen LogP contribution in [0.1, 0.15) is 46.0 Å². The highest BCUT2D eigenvalue weighted by Gasteiger charge is 2.25. The van der Waals surface area contributed by atoms with Gasteiger partial charge in [0.25, 0.3) is 0 Å². The molecule has 0 radical (unpaired) electrons. The lowest BCUT2D eigenvalue weighted by Gasteiger charge is -2.29. The van der Waals surface area contributed by atoms with E-state index in [-0.39, 0.29) is 0 Å². The zero-order valence-corrected chi connectivity index (χ0v) is 9.85. The second-order valence-corrected chi connectivity index (χ2v) is 5.79. The summed E-state index contributed by atoms with van der Waals surface area (Å²) in [6, 6.07) is 0. The molecule has 1 saturated carbocycles. The minimum Gasteiger partial charge on any atom is -0.337 e. The summed E-state index contributed by atoms with van der Waals surface area (Å²) >= 11 is 0. The Morgan fingerprint density at radius 1 is 1.15 bits per heavy atom. The Morgan fingerprint density at radius 2 is 1.77 bits per heavy atom. The maximum absolute atomic E-state index is 5.78. The van der Waals surface area contributed by atoms with Crippen molar-refractivity contribution in [3.63, 3.8) is 0 Å². The summed E-state index contributed by atoms with van der Waals surface area (Å²) in [5.41, 5.74) is 0.691. The Morgan fingerprint density at radius 3 is 2.23 bits per heavy atom. The fraction of sp³-hybridized carbons (Fsp3) is 1.00. The Bertz CT molecular complexity index is 133. The molecule has 0 bridgehead atoms. The van der Waals surface area contributed by atoms with Crippen molar-refractivity contribution in [1.29, 1.82) is 0 Å². The summed E-state index contributed by atoms with van der Waals surface area (Å²) in [5.74, 6) is 0. The van der Waals surface area contributed by atoms with Crippen molar-refractivity contribution in [3.8, 4) is 0 Å². The first-order valence-corrected chi connectivity index (χ1v) is 6.49. The lowest BCUT2D eigenvalue weighted by atomic mass is 10.0. The summed E-state index contributed by atoms with van der Waals surface area (Å²) < 4.78 is 11.2. The molecular weight excluding hydrogens is 183 g/mol. The van der Waals surface area contributed by atoms with Gasteiger partial charge in [-0.05, 0) is 26.7 Å². The van der Waals surface area contributed by atoms with Gasteiger partial charge in [-0.15, -0.1) is 0 Å². The molecule has 0 saturated heterocycles. The highest BCUT2D eigenvalue weighted by molar-refractivity contribution is 7.48. The van der Waals surface area contributed by atoms with E-state index in [2.05, 4.69) is 13.8 Å². The molecular formula is C10H21O2P. The van der Waals surface area contributed by atoms with E-state index in [4.69, 9.17) is 9.05 Å². The standard InChI is InChI=1S/C10H21O2P/c1-9(2)12-13(11-3)10-7-5-4-6-8-10/h9-10H,4-8H2,1-3H3. The molecule has 2 nitrogen and oxygen atoms in total. The molecule has 1 rings (SSSR count). The van der Waals surface area contributed by atoms with E-state index in [0.29, 0.717) is 11.8 Å². The van der Waals surface area contributed by atoms with Gasteiger partial charge < -0.3 is 9.05 Å². The fourth-order valence-corrected chi connectivity index (χ4v) is 3.54. The van der Waals surface area contributed by atoms with Crippen LogP contribution in [0.3, 0.4) is 0 Å². The lowest BCUT2D eigenvalue weighted by Crippen LogP contribution is -2.14. The molecule has 0 aliphatic heterocycles. The van der Waals surface area contributed by atoms with E-state index < -0.39 is 8.38 Å². The highest BCUT2D eigenvalue weighted by atomic mass is 31.2. The number of hydrogen-bond donors (Lipinski definition) is 0. The molecule has 13 heavy (non-hydrogen) atoms. The minimum atomic E-state index is -0.616. The van der Waals surface area contributed by atoms with E-state index in [1.54, 1.807) is 7.11 Å². The van der Waals surface area contributed by atoms with Crippen molar-refractivity contribution in [3.05, 3.63) is 0 Å². The Labute approximate surface area is 82.9 Å². The second-order valence-electron chi connectivity index (χ2n) is 3.91. The van der Waals surface area contributed by atoms with Crippen molar-refractivity contribution < 1.29 is 9.05 Å². The molecule has 1 fully saturated rings. The van der Waals surface area contributed by atoms with Gasteiger partial charge >= 0.3 is 0 Å². The van der Waals surface area contributed by atoms with E-state index in [9.17, 15) is 0 Å². The van der Waals surface area contributed by atoms with Crippen molar-refractivity contribution in [1.82, 2.24) is 0 Å². The molecule has 0 heterocycles. The fourth-order valence-electron chi connectivity index (χ4n) is 1.78. The zero-order chi connectivity index (χ0) is 9.68. The summed E-state index contributed by atoms with van der Waals surface area (Å²) in [6.45, 7) is 4.16. The van der Waals surface area contributed by atoms with Gasteiger partial charge in [0.05, 0.1) is 6.10 Å². The van der Waals surface area contributed by atoms with Gasteiger partial charge in [0.1, 0.15) is 0 Å². The number of rotatable bonds is 4. The Kier molecular flexibility index (Phi) is 5.23. The zero-order valence-electron chi connectivity index (χ0n) is 8.95. The molecule has 0 N–H and O–H groups in total. The van der Waals surface area contributed by atoms with Gasteiger partial charge in [0, 0.05) is 12.8 Å². The van der Waals surface area contributed by atoms with Crippen molar-refractivity contribution in [2.45, 2.75) is 57.7 Å². The second kappa shape index (κ2) is 5.95. The molecule has 78 valence electrons. The lowest BCUT2D eigenvalue weighted by molar-refractivity contribution is 0.215. The first-order valence-electron chi connectivity index (χ1n) is 5.24. The van der Waals surface area contributed by atoms with Crippen LogP contribution in [0.15, 0.2) is 0 Å². The SMILES string of the molecule is COP(OC(C)C)C1CCCCC1. The van der Waals surface area contributed by atoms with Gasteiger partial charge in [-0.1, -0.05) is 19.3 Å². The van der Waals surface area contributed by atoms with Crippen LogP contribution in [0.2, 0.25) is 0 Å². The summed E-state index contributed by atoms with van der Waals surface area (Å²) in [5, 5.41) is 0. The quantitative estimate of drug-likeness (QED) is 0.650. The topological polar surface area (TPSA) is 18.5 Å². The predicted octanol–water partition coefficient (Wildman–Crippen LogP) is 3.70. The maximum Gasteiger partial charge on any atom is 0.173 e.